The van der Waals surface area contributed by atoms with Gasteiger partial charge in [-0.05, 0) is 36.6 Å². The van der Waals surface area contributed by atoms with Crippen molar-refractivity contribution in [1.29, 1.82) is 0 Å². The smallest absolute Gasteiger partial charge is 0.387 e. The van der Waals surface area contributed by atoms with Crippen LogP contribution in [0.3, 0.4) is 0 Å². The molecule has 0 saturated carbocycles. The molecule has 0 bridgehead atoms. The van der Waals surface area contributed by atoms with Crippen molar-refractivity contribution < 1.29 is 23.0 Å². The first kappa shape index (κ1) is 16.6. The third-order valence-electron chi connectivity index (χ3n) is 3.69. The summed E-state index contributed by atoms with van der Waals surface area (Å²) in [6.07, 6.45) is 1.38. The molecule has 0 aromatic heterocycles. The Hall–Kier alpha value is -1.73. The molecule has 22 heavy (non-hydrogen) atoms. The Labute approximate surface area is 128 Å². The van der Waals surface area contributed by atoms with Crippen LogP contribution >= 0.6 is 0 Å². The maximum absolute atomic E-state index is 12.4. The SMILES string of the molecule is COC(CN)CC(=O)N1CCCc2cc(OC(F)F)ccc21. The van der Waals surface area contributed by atoms with Gasteiger partial charge in [0.2, 0.25) is 5.91 Å². The van der Waals surface area contributed by atoms with Gasteiger partial charge < -0.3 is 20.1 Å². The molecule has 1 atom stereocenters. The van der Waals surface area contributed by atoms with Crippen LogP contribution in [0.25, 0.3) is 0 Å². The van der Waals surface area contributed by atoms with E-state index in [-0.39, 0.29) is 30.7 Å². The maximum atomic E-state index is 12.4. The highest BCUT2D eigenvalue weighted by molar-refractivity contribution is 5.95. The number of rotatable bonds is 6. The number of methoxy groups -OCH3 is 1. The number of halogens is 2. The predicted octanol–water partition coefficient (Wildman–Crippen LogP) is 1.93. The third kappa shape index (κ3) is 3.92. The van der Waals surface area contributed by atoms with E-state index in [1.807, 2.05) is 0 Å². The van der Waals surface area contributed by atoms with Gasteiger partial charge in [-0.25, -0.2) is 0 Å². The molecule has 5 nitrogen and oxygen atoms in total. The highest BCUT2D eigenvalue weighted by Gasteiger charge is 2.25. The van der Waals surface area contributed by atoms with Crippen LogP contribution in [0.1, 0.15) is 18.4 Å². The number of carbonyl (C=O) groups is 1. The molecule has 0 aliphatic carbocycles. The van der Waals surface area contributed by atoms with Crippen molar-refractivity contribution in [2.45, 2.75) is 32.0 Å². The third-order valence-corrected chi connectivity index (χ3v) is 3.69. The fourth-order valence-electron chi connectivity index (χ4n) is 2.58. The van der Waals surface area contributed by atoms with Gasteiger partial charge in [0.05, 0.1) is 12.5 Å². The maximum Gasteiger partial charge on any atom is 0.387 e. The van der Waals surface area contributed by atoms with Crippen molar-refractivity contribution in [2.75, 3.05) is 25.1 Å². The van der Waals surface area contributed by atoms with E-state index in [0.29, 0.717) is 6.54 Å². The van der Waals surface area contributed by atoms with Gasteiger partial charge in [-0.1, -0.05) is 0 Å². The predicted molar refractivity (Wildman–Crippen MR) is 78.2 cm³/mol. The molecule has 1 aliphatic heterocycles. The molecule has 2 N–H and O–H groups in total. The summed E-state index contributed by atoms with van der Waals surface area (Å²) in [5, 5.41) is 0. The molecular weight excluding hydrogens is 294 g/mol. The summed E-state index contributed by atoms with van der Waals surface area (Å²) in [5.74, 6) is 0.0283. The summed E-state index contributed by atoms with van der Waals surface area (Å²) in [6.45, 7) is -1.99. The normalized spacial score (nSPS) is 15.6. The molecule has 0 fully saturated rings. The zero-order valence-electron chi connectivity index (χ0n) is 12.4. The lowest BCUT2D eigenvalue weighted by Crippen LogP contribution is -2.39. The minimum Gasteiger partial charge on any atom is -0.435 e. The minimum atomic E-state index is -2.86. The number of nitrogens with two attached hydrogens (primary N) is 1. The average molecular weight is 314 g/mol. The Morgan fingerprint density at radius 1 is 1.45 bits per heavy atom. The largest absolute Gasteiger partial charge is 0.435 e. The summed E-state index contributed by atoms with van der Waals surface area (Å²) in [7, 11) is 1.52. The van der Waals surface area contributed by atoms with E-state index in [9.17, 15) is 13.6 Å². The van der Waals surface area contributed by atoms with E-state index >= 15 is 0 Å². The number of amides is 1. The number of fused-ring (bicyclic) bond motifs is 1. The van der Waals surface area contributed by atoms with Crippen molar-refractivity contribution in [3.8, 4) is 5.75 Å². The van der Waals surface area contributed by atoms with Crippen molar-refractivity contribution in [3.05, 3.63) is 23.8 Å². The second kappa shape index (κ2) is 7.51. The van der Waals surface area contributed by atoms with E-state index in [4.69, 9.17) is 10.5 Å². The summed E-state index contributed by atoms with van der Waals surface area (Å²) in [4.78, 5) is 14.1. The molecule has 0 saturated heterocycles. The summed E-state index contributed by atoms with van der Waals surface area (Å²) in [5.41, 5.74) is 7.11. The molecule has 2 rings (SSSR count). The lowest BCUT2D eigenvalue weighted by atomic mass is 10.0. The molecule has 7 heteroatoms. The Morgan fingerprint density at radius 2 is 2.23 bits per heavy atom. The van der Waals surface area contributed by atoms with Crippen LogP contribution in [0, 0.1) is 0 Å². The fourth-order valence-corrected chi connectivity index (χ4v) is 2.58. The van der Waals surface area contributed by atoms with E-state index in [1.165, 1.54) is 13.2 Å². The number of ether oxygens (including phenoxy) is 2. The van der Waals surface area contributed by atoms with Crippen LogP contribution < -0.4 is 15.4 Å². The highest BCUT2D eigenvalue weighted by atomic mass is 19.3. The van der Waals surface area contributed by atoms with Gasteiger partial charge in [-0.3, -0.25) is 4.79 Å². The van der Waals surface area contributed by atoms with Crippen molar-refractivity contribution in [3.63, 3.8) is 0 Å². The summed E-state index contributed by atoms with van der Waals surface area (Å²) < 4.78 is 34.1. The number of nitrogens with zero attached hydrogens (tertiary/aromatic N) is 1. The number of hydrogen-bond donors (Lipinski definition) is 1. The monoisotopic (exact) mass is 314 g/mol. The Bertz CT molecular complexity index is 522. The van der Waals surface area contributed by atoms with Crippen LogP contribution in [0.15, 0.2) is 18.2 Å². The molecular formula is C15H20F2N2O3. The van der Waals surface area contributed by atoms with Gasteiger partial charge in [-0.15, -0.1) is 0 Å². The first-order valence-corrected chi connectivity index (χ1v) is 7.16. The Morgan fingerprint density at radius 3 is 2.86 bits per heavy atom. The van der Waals surface area contributed by atoms with Gasteiger partial charge in [-0.2, -0.15) is 8.78 Å². The molecule has 1 aromatic rings. The lowest BCUT2D eigenvalue weighted by Gasteiger charge is -2.30. The van der Waals surface area contributed by atoms with Crippen LogP contribution in [-0.4, -0.2) is 38.8 Å². The van der Waals surface area contributed by atoms with Crippen LogP contribution in [-0.2, 0) is 16.0 Å². The van der Waals surface area contributed by atoms with Gasteiger partial charge in [0.15, 0.2) is 0 Å². The average Bonchev–Trinajstić information content (AvgIpc) is 2.50. The quantitative estimate of drug-likeness (QED) is 0.871. The minimum absolute atomic E-state index is 0.0826. The van der Waals surface area contributed by atoms with Gasteiger partial charge in [0, 0.05) is 25.9 Å². The van der Waals surface area contributed by atoms with E-state index < -0.39 is 6.61 Å². The molecule has 0 radical (unpaired) electrons. The molecule has 0 spiro atoms. The number of anilines is 1. The number of alkyl halides is 2. The van der Waals surface area contributed by atoms with Crippen LogP contribution in [0.5, 0.6) is 5.75 Å². The standard InChI is InChI=1S/C15H20F2N2O3/c1-21-12(9-18)8-14(20)19-6-2-3-10-7-11(22-15(16)17)4-5-13(10)19/h4-5,7,12,15H,2-3,6,8-9,18H2,1H3. The number of hydrogen-bond acceptors (Lipinski definition) is 4. The van der Waals surface area contributed by atoms with Crippen molar-refractivity contribution >= 4 is 11.6 Å². The molecule has 1 unspecified atom stereocenters. The Kier molecular flexibility index (Phi) is 5.68. The van der Waals surface area contributed by atoms with E-state index in [2.05, 4.69) is 4.74 Å². The zero-order valence-corrected chi connectivity index (χ0v) is 12.4. The van der Waals surface area contributed by atoms with Crippen LogP contribution in [0.4, 0.5) is 14.5 Å². The number of benzene rings is 1. The second-order valence-electron chi connectivity index (χ2n) is 5.12. The van der Waals surface area contributed by atoms with E-state index in [0.717, 1.165) is 24.1 Å². The topological polar surface area (TPSA) is 64.8 Å². The Balaban J connectivity index is 2.16. The molecule has 1 aromatic carbocycles. The van der Waals surface area contributed by atoms with Gasteiger partial charge in [0.25, 0.3) is 0 Å². The van der Waals surface area contributed by atoms with Crippen molar-refractivity contribution in [1.82, 2.24) is 0 Å². The van der Waals surface area contributed by atoms with E-state index in [1.54, 1.807) is 17.0 Å². The fraction of sp³-hybridized carbons (Fsp3) is 0.533. The summed E-state index contributed by atoms with van der Waals surface area (Å²) >= 11 is 0. The van der Waals surface area contributed by atoms with Gasteiger partial charge in [0.1, 0.15) is 5.75 Å². The summed E-state index contributed by atoms with van der Waals surface area (Å²) in [6, 6.07) is 4.67. The number of aryl methyl sites for hydroxylation is 1. The number of carbonyl (C=O) groups excluding carboxylic acids is 1. The molecule has 1 amide bonds. The molecule has 122 valence electrons. The first-order valence-electron chi connectivity index (χ1n) is 7.16. The van der Waals surface area contributed by atoms with Crippen molar-refractivity contribution in [2.24, 2.45) is 5.73 Å². The molecule has 1 heterocycles. The van der Waals surface area contributed by atoms with Gasteiger partial charge >= 0.3 is 6.61 Å². The zero-order chi connectivity index (χ0) is 16.1. The first-order chi connectivity index (χ1) is 10.5. The lowest BCUT2D eigenvalue weighted by molar-refractivity contribution is -0.120. The molecule has 1 aliphatic rings. The van der Waals surface area contributed by atoms with Crippen LogP contribution in [0.2, 0.25) is 0 Å². The highest BCUT2D eigenvalue weighted by Crippen LogP contribution is 2.31. The second-order valence-corrected chi connectivity index (χ2v) is 5.12.